The summed E-state index contributed by atoms with van der Waals surface area (Å²) in [7, 11) is 2.86. The number of carbonyl (C=O) groups excluding carboxylic acids is 1. The average molecular weight is 394 g/mol. The zero-order valence-electron chi connectivity index (χ0n) is 17.2. The second-order valence-corrected chi connectivity index (χ2v) is 6.80. The predicted octanol–water partition coefficient (Wildman–Crippen LogP) is 3.70. The van der Waals surface area contributed by atoms with E-state index in [2.05, 4.69) is 6.92 Å². The first-order valence-electron chi connectivity index (χ1n) is 9.55. The molecule has 3 aromatic rings. The van der Waals surface area contributed by atoms with Gasteiger partial charge >= 0.3 is 5.97 Å². The largest absolute Gasteiger partial charge is 0.465 e. The molecular weight excluding hydrogens is 368 g/mol. The summed E-state index contributed by atoms with van der Waals surface area (Å²) < 4.78 is 11.6. The van der Waals surface area contributed by atoms with Gasteiger partial charge in [0.05, 0.1) is 29.7 Å². The van der Waals surface area contributed by atoms with E-state index in [1.165, 1.54) is 14.2 Å². The van der Waals surface area contributed by atoms with Crippen molar-refractivity contribution in [1.29, 1.82) is 0 Å². The zero-order valence-corrected chi connectivity index (χ0v) is 17.2. The Hall–Kier alpha value is -2.96. The Bertz CT molecular complexity index is 975. The second-order valence-electron chi connectivity index (χ2n) is 6.80. The molecule has 1 N–H and O–H groups in total. The molecule has 0 spiro atoms. The van der Waals surface area contributed by atoms with Crippen LogP contribution in [0.4, 0.5) is 0 Å². The van der Waals surface area contributed by atoms with Gasteiger partial charge in [0.1, 0.15) is 0 Å². The van der Waals surface area contributed by atoms with Crippen molar-refractivity contribution in [2.24, 2.45) is 0 Å². The Kier molecular flexibility index (Phi) is 6.46. The summed E-state index contributed by atoms with van der Waals surface area (Å²) in [5, 5.41) is 14.4. The third-order valence-electron chi connectivity index (χ3n) is 4.95. The second kappa shape index (κ2) is 9.03. The number of esters is 1. The predicted molar refractivity (Wildman–Crippen MR) is 111 cm³/mol. The van der Waals surface area contributed by atoms with Crippen LogP contribution >= 0.6 is 0 Å². The molecule has 0 aliphatic rings. The molecule has 0 saturated carbocycles. The quantitative estimate of drug-likeness (QED) is 0.489. The van der Waals surface area contributed by atoms with E-state index in [1.54, 1.807) is 12.1 Å². The van der Waals surface area contributed by atoms with Crippen molar-refractivity contribution in [3.05, 3.63) is 71.0 Å². The van der Waals surface area contributed by atoms with Gasteiger partial charge in [-0.1, -0.05) is 31.2 Å². The van der Waals surface area contributed by atoms with Crippen LogP contribution in [0.1, 0.15) is 34.2 Å². The monoisotopic (exact) mass is 394 g/mol. The number of aliphatic hydroxyl groups excluding tert-OH is 1. The van der Waals surface area contributed by atoms with Crippen LogP contribution in [-0.4, -0.2) is 41.4 Å². The van der Waals surface area contributed by atoms with Gasteiger partial charge in [0.2, 0.25) is 0 Å². The molecule has 6 heteroatoms. The Morgan fingerprint density at radius 2 is 1.76 bits per heavy atom. The van der Waals surface area contributed by atoms with Crippen LogP contribution in [0, 0.1) is 6.92 Å². The van der Waals surface area contributed by atoms with Crippen LogP contribution in [0.2, 0.25) is 0 Å². The molecule has 152 valence electrons. The Balaban J connectivity index is 1.96. The van der Waals surface area contributed by atoms with E-state index in [9.17, 15) is 9.90 Å². The van der Waals surface area contributed by atoms with E-state index in [4.69, 9.17) is 14.6 Å². The summed E-state index contributed by atoms with van der Waals surface area (Å²) in [4.78, 5) is 11.7. The van der Waals surface area contributed by atoms with Crippen molar-refractivity contribution >= 4 is 5.97 Å². The first-order chi connectivity index (χ1) is 14.0. The SMILES string of the molecule is CCc1c(-c2ccc(C(=O)OC)cc2)c(C)nn1-c1ccc(CC(O)OC)cc1. The highest BCUT2D eigenvalue weighted by atomic mass is 16.6. The number of methoxy groups -OCH3 is 2. The first-order valence-corrected chi connectivity index (χ1v) is 9.55. The summed E-state index contributed by atoms with van der Waals surface area (Å²) in [5.41, 5.74) is 6.57. The molecule has 0 amide bonds. The first kappa shape index (κ1) is 20.8. The molecule has 29 heavy (non-hydrogen) atoms. The zero-order chi connectivity index (χ0) is 21.0. The van der Waals surface area contributed by atoms with Crippen molar-refractivity contribution in [2.75, 3.05) is 14.2 Å². The minimum atomic E-state index is -0.807. The summed E-state index contributed by atoms with van der Waals surface area (Å²) in [5.74, 6) is -0.349. The molecule has 6 nitrogen and oxygen atoms in total. The van der Waals surface area contributed by atoms with Crippen LogP contribution < -0.4 is 0 Å². The molecule has 0 aliphatic carbocycles. The number of rotatable bonds is 7. The van der Waals surface area contributed by atoms with Crippen molar-refractivity contribution in [1.82, 2.24) is 9.78 Å². The van der Waals surface area contributed by atoms with Crippen molar-refractivity contribution in [2.45, 2.75) is 33.0 Å². The van der Waals surface area contributed by atoms with Gasteiger partial charge in [-0.25, -0.2) is 9.48 Å². The topological polar surface area (TPSA) is 73.6 Å². The van der Waals surface area contributed by atoms with Crippen LogP contribution in [0.15, 0.2) is 48.5 Å². The van der Waals surface area contributed by atoms with E-state index in [-0.39, 0.29) is 5.97 Å². The highest BCUT2D eigenvalue weighted by Gasteiger charge is 2.17. The molecule has 1 heterocycles. The third kappa shape index (κ3) is 4.39. The maximum atomic E-state index is 11.7. The number of carbonyl (C=O) groups is 1. The van der Waals surface area contributed by atoms with Crippen LogP contribution in [0.25, 0.3) is 16.8 Å². The van der Waals surface area contributed by atoms with E-state index in [0.717, 1.165) is 40.2 Å². The fraction of sp³-hybridized carbons (Fsp3) is 0.304. The van der Waals surface area contributed by atoms with Crippen molar-refractivity contribution in [3.63, 3.8) is 0 Å². The van der Waals surface area contributed by atoms with Gasteiger partial charge in [-0.3, -0.25) is 0 Å². The lowest BCUT2D eigenvalue weighted by molar-refractivity contribution is -0.0720. The summed E-state index contributed by atoms with van der Waals surface area (Å²) in [6, 6.07) is 15.3. The van der Waals surface area contributed by atoms with Gasteiger partial charge in [-0.15, -0.1) is 0 Å². The van der Waals surface area contributed by atoms with Crippen molar-refractivity contribution < 1.29 is 19.4 Å². The highest BCUT2D eigenvalue weighted by Crippen LogP contribution is 2.30. The lowest BCUT2D eigenvalue weighted by atomic mass is 10.0. The molecular formula is C23H26N2O4. The number of benzene rings is 2. The van der Waals surface area contributed by atoms with Gasteiger partial charge in [0, 0.05) is 19.1 Å². The fourth-order valence-electron chi connectivity index (χ4n) is 3.44. The normalized spacial score (nSPS) is 12.0. The standard InChI is InChI=1S/C23H26N2O4/c1-5-20-22(17-8-10-18(11-9-17)23(27)29-4)15(2)24-25(20)19-12-6-16(7-13-19)14-21(26)28-3/h6-13,21,26H,5,14H2,1-4H3. The molecule has 0 bridgehead atoms. The summed E-state index contributed by atoms with van der Waals surface area (Å²) >= 11 is 0. The molecule has 3 rings (SSSR count). The molecule has 0 saturated heterocycles. The van der Waals surface area contributed by atoms with Gasteiger partial charge in [0.15, 0.2) is 6.29 Å². The summed E-state index contributed by atoms with van der Waals surface area (Å²) in [6.45, 7) is 4.09. The number of aliphatic hydroxyl groups is 1. The third-order valence-corrected chi connectivity index (χ3v) is 4.95. The van der Waals surface area contributed by atoms with E-state index >= 15 is 0 Å². The van der Waals surface area contributed by atoms with Crippen LogP contribution in [-0.2, 0) is 22.3 Å². The fourth-order valence-corrected chi connectivity index (χ4v) is 3.44. The number of hydrogen-bond donors (Lipinski definition) is 1. The van der Waals surface area contributed by atoms with Crippen LogP contribution in [0.3, 0.4) is 0 Å². The Morgan fingerprint density at radius 3 is 2.31 bits per heavy atom. The van der Waals surface area contributed by atoms with Gasteiger partial charge in [-0.05, 0) is 48.7 Å². The number of hydrogen-bond acceptors (Lipinski definition) is 5. The minimum absolute atomic E-state index is 0.349. The van der Waals surface area contributed by atoms with E-state index in [0.29, 0.717) is 12.0 Å². The maximum absolute atomic E-state index is 11.7. The summed E-state index contributed by atoms with van der Waals surface area (Å²) in [6.07, 6.45) is 0.436. The smallest absolute Gasteiger partial charge is 0.337 e. The maximum Gasteiger partial charge on any atom is 0.337 e. The van der Waals surface area contributed by atoms with Gasteiger partial charge < -0.3 is 14.6 Å². The molecule has 1 unspecified atom stereocenters. The van der Waals surface area contributed by atoms with E-state index < -0.39 is 6.29 Å². The number of ether oxygens (including phenoxy) is 2. The molecule has 0 radical (unpaired) electrons. The molecule has 2 aromatic carbocycles. The number of aryl methyl sites for hydroxylation is 1. The van der Waals surface area contributed by atoms with Gasteiger partial charge in [-0.2, -0.15) is 5.10 Å². The van der Waals surface area contributed by atoms with Crippen molar-refractivity contribution in [3.8, 4) is 16.8 Å². The Labute approximate surface area is 170 Å². The van der Waals surface area contributed by atoms with E-state index in [1.807, 2.05) is 48.0 Å². The van der Waals surface area contributed by atoms with Gasteiger partial charge in [0.25, 0.3) is 0 Å². The number of aromatic nitrogens is 2. The molecule has 0 fully saturated rings. The average Bonchev–Trinajstić information content (AvgIpc) is 3.09. The lowest BCUT2D eigenvalue weighted by Crippen LogP contribution is -2.12. The number of nitrogens with zero attached hydrogens (tertiary/aromatic N) is 2. The minimum Gasteiger partial charge on any atom is -0.465 e. The lowest BCUT2D eigenvalue weighted by Gasteiger charge is -2.11. The molecule has 0 aliphatic heterocycles. The molecule has 1 atom stereocenters. The molecule has 1 aromatic heterocycles. The highest BCUT2D eigenvalue weighted by molar-refractivity contribution is 5.90. The Morgan fingerprint density at radius 1 is 1.10 bits per heavy atom. The van der Waals surface area contributed by atoms with Crippen LogP contribution in [0.5, 0.6) is 0 Å².